The van der Waals surface area contributed by atoms with Crippen LogP contribution in [0.25, 0.3) is 0 Å². The number of methoxy groups -OCH3 is 1. The van der Waals surface area contributed by atoms with Gasteiger partial charge in [0.15, 0.2) is 0 Å². The lowest BCUT2D eigenvalue weighted by molar-refractivity contribution is -0.153. The average Bonchev–Trinajstić information content (AvgIpc) is 3.29. The van der Waals surface area contributed by atoms with E-state index >= 15 is 0 Å². The number of fused-ring (bicyclic) bond motifs is 2. The third kappa shape index (κ3) is 2.91. The monoisotopic (exact) mass is 358 g/mol. The fourth-order valence-corrected chi connectivity index (χ4v) is 5.21. The number of carboxylic acids is 1. The number of amides is 1. The molecule has 6 heteroatoms. The third-order valence-corrected chi connectivity index (χ3v) is 6.50. The van der Waals surface area contributed by atoms with Crippen LogP contribution in [0, 0.1) is 23.7 Å². The number of benzene rings is 1. The number of hydrogen-bond donors (Lipinski definition) is 1. The number of ether oxygens (including phenoxy) is 1. The van der Waals surface area contributed by atoms with Crippen LogP contribution >= 0.6 is 0 Å². The predicted molar refractivity (Wildman–Crippen MR) is 97.2 cm³/mol. The van der Waals surface area contributed by atoms with E-state index in [2.05, 4.69) is 11.0 Å². The SMILES string of the molecule is COc1cccc(N2CCN(C(=O)[C@H]3[C@H]4CC[C@@H](C4)[C@@H]3C(=O)O)CC2)c1. The molecule has 1 heterocycles. The number of hydrogen-bond acceptors (Lipinski definition) is 4. The molecule has 26 heavy (non-hydrogen) atoms. The molecule has 0 radical (unpaired) electrons. The minimum absolute atomic E-state index is 0.0647. The number of rotatable bonds is 4. The van der Waals surface area contributed by atoms with Gasteiger partial charge in [0.25, 0.3) is 0 Å². The lowest BCUT2D eigenvalue weighted by Crippen LogP contribution is -2.52. The van der Waals surface area contributed by atoms with E-state index in [1.807, 2.05) is 23.1 Å². The maximum atomic E-state index is 13.1. The smallest absolute Gasteiger partial charge is 0.307 e. The second-order valence-corrected chi connectivity index (χ2v) is 7.74. The number of piperazine rings is 1. The summed E-state index contributed by atoms with van der Waals surface area (Å²) in [6, 6.07) is 7.95. The Morgan fingerprint density at radius 3 is 2.42 bits per heavy atom. The van der Waals surface area contributed by atoms with E-state index in [4.69, 9.17) is 4.74 Å². The second kappa shape index (κ2) is 6.82. The largest absolute Gasteiger partial charge is 0.497 e. The van der Waals surface area contributed by atoms with Gasteiger partial charge in [-0.3, -0.25) is 9.59 Å². The van der Waals surface area contributed by atoms with E-state index in [0.717, 1.165) is 43.8 Å². The van der Waals surface area contributed by atoms with Crippen molar-refractivity contribution in [2.75, 3.05) is 38.2 Å². The molecule has 1 aliphatic heterocycles. The molecular formula is C20H26N2O4. The molecule has 1 saturated heterocycles. The molecule has 3 fully saturated rings. The Labute approximate surface area is 153 Å². The van der Waals surface area contributed by atoms with Gasteiger partial charge in [0, 0.05) is 37.9 Å². The molecular weight excluding hydrogens is 332 g/mol. The van der Waals surface area contributed by atoms with E-state index in [1.54, 1.807) is 7.11 Å². The highest BCUT2D eigenvalue weighted by Crippen LogP contribution is 2.53. The molecule has 2 saturated carbocycles. The van der Waals surface area contributed by atoms with Gasteiger partial charge in [0.05, 0.1) is 18.9 Å². The van der Waals surface area contributed by atoms with Crippen molar-refractivity contribution in [1.29, 1.82) is 0 Å². The summed E-state index contributed by atoms with van der Waals surface area (Å²) in [7, 11) is 1.66. The molecule has 140 valence electrons. The van der Waals surface area contributed by atoms with Crippen LogP contribution in [0.5, 0.6) is 5.75 Å². The number of aliphatic carboxylic acids is 1. The van der Waals surface area contributed by atoms with Crippen molar-refractivity contribution in [1.82, 2.24) is 4.90 Å². The van der Waals surface area contributed by atoms with Crippen molar-refractivity contribution in [3.05, 3.63) is 24.3 Å². The molecule has 0 aromatic heterocycles. The lowest BCUT2D eigenvalue weighted by Gasteiger charge is -2.39. The van der Waals surface area contributed by atoms with Crippen molar-refractivity contribution < 1.29 is 19.4 Å². The van der Waals surface area contributed by atoms with Crippen LogP contribution in [0.3, 0.4) is 0 Å². The molecule has 0 unspecified atom stereocenters. The molecule has 0 spiro atoms. The van der Waals surface area contributed by atoms with E-state index in [1.165, 1.54) is 0 Å². The van der Waals surface area contributed by atoms with Crippen molar-refractivity contribution >= 4 is 17.6 Å². The van der Waals surface area contributed by atoms with Crippen LogP contribution in [0.2, 0.25) is 0 Å². The van der Waals surface area contributed by atoms with Gasteiger partial charge in [-0.15, -0.1) is 0 Å². The molecule has 1 amide bonds. The van der Waals surface area contributed by atoms with Crippen molar-refractivity contribution in [3.8, 4) is 5.75 Å². The summed E-state index contributed by atoms with van der Waals surface area (Å²) in [6.07, 6.45) is 2.89. The summed E-state index contributed by atoms with van der Waals surface area (Å²) in [5.74, 6) is -0.213. The van der Waals surface area contributed by atoms with Gasteiger partial charge >= 0.3 is 5.97 Å². The molecule has 2 bridgehead atoms. The maximum absolute atomic E-state index is 13.1. The Kier molecular flexibility index (Phi) is 4.51. The summed E-state index contributed by atoms with van der Waals surface area (Å²) in [6.45, 7) is 2.82. The molecule has 4 rings (SSSR count). The van der Waals surface area contributed by atoms with Crippen molar-refractivity contribution in [2.45, 2.75) is 19.3 Å². The Bertz CT molecular complexity index is 699. The van der Waals surface area contributed by atoms with Crippen LogP contribution in [0.4, 0.5) is 5.69 Å². The number of carboxylic acid groups (broad SMARTS) is 1. The highest BCUT2D eigenvalue weighted by molar-refractivity contribution is 5.86. The normalized spacial score (nSPS) is 30.5. The Hall–Kier alpha value is -2.24. The van der Waals surface area contributed by atoms with E-state index < -0.39 is 11.9 Å². The Balaban J connectivity index is 1.41. The highest BCUT2D eigenvalue weighted by Gasteiger charge is 2.54. The van der Waals surface area contributed by atoms with Crippen LogP contribution < -0.4 is 9.64 Å². The first-order valence-electron chi connectivity index (χ1n) is 9.49. The van der Waals surface area contributed by atoms with Gasteiger partial charge in [-0.2, -0.15) is 0 Å². The van der Waals surface area contributed by atoms with Gasteiger partial charge in [0.2, 0.25) is 5.91 Å². The fourth-order valence-electron chi connectivity index (χ4n) is 5.21. The number of carbonyl (C=O) groups excluding carboxylic acids is 1. The maximum Gasteiger partial charge on any atom is 0.307 e. The van der Waals surface area contributed by atoms with Crippen molar-refractivity contribution in [3.63, 3.8) is 0 Å². The minimum atomic E-state index is -0.787. The van der Waals surface area contributed by atoms with Crippen LogP contribution in [-0.2, 0) is 9.59 Å². The number of carbonyl (C=O) groups is 2. The number of nitrogens with zero attached hydrogens (tertiary/aromatic N) is 2. The van der Waals surface area contributed by atoms with E-state index in [-0.39, 0.29) is 23.7 Å². The quantitative estimate of drug-likeness (QED) is 0.892. The van der Waals surface area contributed by atoms with Gasteiger partial charge in [-0.05, 0) is 43.2 Å². The van der Waals surface area contributed by atoms with Gasteiger partial charge in [-0.1, -0.05) is 6.07 Å². The first-order chi connectivity index (χ1) is 12.6. The third-order valence-electron chi connectivity index (χ3n) is 6.50. The zero-order valence-corrected chi connectivity index (χ0v) is 15.1. The van der Waals surface area contributed by atoms with E-state index in [9.17, 15) is 14.7 Å². The summed E-state index contributed by atoms with van der Waals surface area (Å²) >= 11 is 0. The zero-order chi connectivity index (χ0) is 18.3. The van der Waals surface area contributed by atoms with Crippen LogP contribution in [-0.4, -0.2) is 55.2 Å². The van der Waals surface area contributed by atoms with Crippen LogP contribution in [0.1, 0.15) is 19.3 Å². The second-order valence-electron chi connectivity index (χ2n) is 7.74. The van der Waals surface area contributed by atoms with Gasteiger partial charge in [0.1, 0.15) is 5.75 Å². The fraction of sp³-hybridized carbons (Fsp3) is 0.600. The topological polar surface area (TPSA) is 70.1 Å². The van der Waals surface area contributed by atoms with E-state index in [0.29, 0.717) is 13.1 Å². The zero-order valence-electron chi connectivity index (χ0n) is 15.1. The van der Waals surface area contributed by atoms with Gasteiger partial charge in [-0.25, -0.2) is 0 Å². The lowest BCUT2D eigenvalue weighted by atomic mass is 9.78. The molecule has 6 nitrogen and oxygen atoms in total. The van der Waals surface area contributed by atoms with Gasteiger partial charge < -0.3 is 19.6 Å². The predicted octanol–water partition coefficient (Wildman–Crippen LogP) is 2.09. The minimum Gasteiger partial charge on any atom is -0.497 e. The molecule has 1 aromatic carbocycles. The molecule has 1 N–H and O–H groups in total. The number of anilines is 1. The summed E-state index contributed by atoms with van der Waals surface area (Å²) < 4.78 is 5.29. The molecule has 2 aliphatic carbocycles. The molecule has 1 aromatic rings. The average molecular weight is 358 g/mol. The van der Waals surface area contributed by atoms with Crippen molar-refractivity contribution in [2.24, 2.45) is 23.7 Å². The standard InChI is InChI=1S/C20H26N2O4/c1-26-16-4-2-3-15(12-16)21-7-9-22(10-8-21)19(23)17-13-5-6-14(11-13)18(17)20(24)25/h2-4,12-14,17-18H,5-11H2,1H3,(H,24,25)/t13-,14-,17-,18-/m0/s1. The summed E-state index contributed by atoms with van der Waals surface area (Å²) in [4.78, 5) is 28.9. The summed E-state index contributed by atoms with van der Waals surface area (Å²) in [5.41, 5.74) is 1.10. The summed E-state index contributed by atoms with van der Waals surface area (Å²) in [5, 5.41) is 9.60. The van der Waals surface area contributed by atoms with Crippen LogP contribution in [0.15, 0.2) is 24.3 Å². The molecule has 3 aliphatic rings. The Morgan fingerprint density at radius 2 is 1.77 bits per heavy atom. The highest BCUT2D eigenvalue weighted by atomic mass is 16.5. The Morgan fingerprint density at radius 1 is 1.08 bits per heavy atom. The molecule has 4 atom stereocenters. The first kappa shape index (κ1) is 17.2. The first-order valence-corrected chi connectivity index (χ1v) is 9.49.